The second kappa shape index (κ2) is 4.22. The quantitative estimate of drug-likeness (QED) is 0.765. The SMILES string of the molecule is CCc1nc(OC)c(-c2cc3ccccc3o2)[nH]1. The third-order valence-corrected chi connectivity index (χ3v) is 2.92. The van der Waals surface area contributed by atoms with Gasteiger partial charge in [0.1, 0.15) is 17.1 Å². The molecular formula is C14H14N2O2. The van der Waals surface area contributed by atoms with Crippen molar-refractivity contribution in [1.29, 1.82) is 0 Å². The molecule has 3 rings (SSSR count). The molecule has 4 nitrogen and oxygen atoms in total. The van der Waals surface area contributed by atoms with Crippen LogP contribution in [0.3, 0.4) is 0 Å². The number of fused-ring (bicyclic) bond motifs is 1. The lowest BCUT2D eigenvalue weighted by Crippen LogP contribution is -1.85. The van der Waals surface area contributed by atoms with Crippen LogP contribution in [0.15, 0.2) is 34.7 Å². The number of aromatic amines is 1. The average Bonchev–Trinajstić information content (AvgIpc) is 3.01. The van der Waals surface area contributed by atoms with Crippen molar-refractivity contribution in [3.05, 3.63) is 36.2 Å². The molecule has 0 spiro atoms. The van der Waals surface area contributed by atoms with Crippen molar-refractivity contribution in [2.75, 3.05) is 7.11 Å². The highest BCUT2D eigenvalue weighted by atomic mass is 16.5. The Morgan fingerprint density at radius 1 is 1.33 bits per heavy atom. The summed E-state index contributed by atoms with van der Waals surface area (Å²) in [6.07, 6.45) is 0.830. The fraction of sp³-hybridized carbons (Fsp3) is 0.214. The van der Waals surface area contributed by atoms with Crippen molar-refractivity contribution in [2.24, 2.45) is 0 Å². The van der Waals surface area contributed by atoms with Gasteiger partial charge in [0.05, 0.1) is 7.11 Å². The van der Waals surface area contributed by atoms with Gasteiger partial charge in [0.15, 0.2) is 5.76 Å². The zero-order valence-electron chi connectivity index (χ0n) is 10.4. The predicted octanol–water partition coefficient (Wildman–Crippen LogP) is 3.39. The topological polar surface area (TPSA) is 51.1 Å². The molecule has 0 unspecified atom stereocenters. The normalized spacial score (nSPS) is 11.0. The third kappa shape index (κ3) is 1.66. The largest absolute Gasteiger partial charge is 0.479 e. The van der Waals surface area contributed by atoms with E-state index >= 15 is 0 Å². The Morgan fingerprint density at radius 2 is 2.17 bits per heavy atom. The molecule has 2 aromatic heterocycles. The Kier molecular flexibility index (Phi) is 2.55. The molecule has 4 heteroatoms. The van der Waals surface area contributed by atoms with E-state index in [1.807, 2.05) is 37.3 Å². The zero-order valence-corrected chi connectivity index (χ0v) is 10.4. The summed E-state index contributed by atoms with van der Waals surface area (Å²) in [6, 6.07) is 9.90. The summed E-state index contributed by atoms with van der Waals surface area (Å²) >= 11 is 0. The molecule has 92 valence electrons. The minimum absolute atomic E-state index is 0.575. The second-order valence-electron chi connectivity index (χ2n) is 4.07. The van der Waals surface area contributed by atoms with Crippen LogP contribution in [-0.2, 0) is 6.42 Å². The van der Waals surface area contributed by atoms with E-state index in [0.717, 1.165) is 34.7 Å². The fourth-order valence-corrected chi connectivity index (χ4v) is 1.99. The number of furan rings is 1. The van der Waals surface area contributed by atoms with E-state index in [1.165, 1.54) is 0 Å². The Hall–Kier alpha value is -2.23. The molecule has 0 fully saturated rings. The van der Waals surface area contributed by atoms with E-state index in [9.17, 15) is 0 Å². The van der Waals surface area contributed by atoms with Gasteiger partial charge < -0.3 is 14.1 Å². The molecule has 0 aliphatic heterocycles. The van der Waals surface area contributed by atoms with Crippen LogP contribution >= 0.6 is 0 Å². The van der Waals surface area contributed by atoms with Crippen molar-refractivity contribution in [2.45, 2.75) is 13.3 Å². The smallest absolute Gasteiger partial charge is 0.243 e. The van der Waals surface area contributed by atoms with Crippen LogP contribution in [0.5, 0.6) is 5.88 Å². The first-order chi connectivity index (χ1) is 8.81. The van der Waals surface area contributed by atoms with Gasteiger partial charge in [-0.2, -0.15) is 4.98 Å². The van der Waals surface area contributed by atoms with Crippen LogP contribution < -0.4 is 4.74 Å². The first-order valence-electron chi connectivity index (χ1n) is 5.93. The molecule has 18 heavy (non-hydrogen) atoms. The number of methoxy groups -OCH3 is 1. The highest BCUT2D eigenvalue weighted by Crippen LogP contribution is 2.32. The highest BCUT2D eigenvalue weighted by molar-refractivity contribution is 5.82. The van der Waals surface area contributed by atoms with Crippen LogP contribution in [0, 0.1) is 0 Å². The standard InChI is InChI=1S/C14H14N2O2/c1-3-12-15-13(14(16-12)17-2)11-8-9-6-4-5-7-10(9)18-11/h4-8H,3H2,1-2H3,(H,15,16). The number of aromatic nitrogens is 2. The summed E-state index contributed by atoms with van der Waals surface area (Å²) in [4.78, 5) is 7.59. The number of H-pyrrole nitrogens is 1. The first-order valence-corrected chi connectivity index (χ1v) is 5.93. The highest BCUT2D eigenvalue weighted by Gasteiger charge is 2.15. The van der Waals surface area contributed by atoms with E-state index in [0.29, 0.717) is 5.88 Å². The maximum atomic E-state index is 5.80. The molecule has 0 saturated carbocycles. The Bertz CT molecular complexity index is 649. The van der Waals surface area contributed by atoms with E-state index in [-0.39, 0.29) is 0 Å². The minimum atomic E-state index is 0.575. The maximum absolute atomic E-state index is 5.80. The number of nitrogens with zero attached hydrogens (tertiary/aromatic N) is 1. The molecule has 0 radical (unpaired) electrons. The molecule has 0 atom stereocenters. The third-order valence-electron chi connectivity index (χ3n) is 2.92. The molecule has 0 bridgehead atoms. The molecular weight excluding hydrogens is 228 g/mol. The molecule has 0 saturated heterocycles. The van der Waals surface area contributed by atoms with Gasteiger partial charge in [-0.1, -0.05) is 25.1 Å². The number of rotatable bonds is 3. The first kappa shape index (κ1) is 10.9. The van der Waals surface area contributed by atoms with Crippen molar-refractivity contribution in [3.63, 3.8) is 0 Å². The summed E-state index contributed by atoms with van der Waals surface area (Å²) in [5, 5.41) is 1.07. The van der Waals surface area contributed by atoms with Gasteiger partial charge in [-0.3, -0.25) is 0 Å². The van der Waals surface area contributed by atoms with Gasteiger partial charge in [0.2, 0.25) is 5.88 Å². The summed E-state index contributed by atoms with van der Waals surface area (Å²) in [5.41, 5.74) is 1.66. The number of para-hydroxylation sites is 1. The van der Waals surface area contributed by atoms with Gasteiger partial charge in [-0.05, 0) is 12.1 Å². The maximum Gasteiger partial charge on any atom is 0.243 e. The lowest BCUT2D eigenvalue weighted by atomic mass is 10.2. The van der Waals surface area contributed by atoms with Crippen molar-refractivity contribution < 1.29 is 9.15 Å². The van der Waals surface area contributed by atoms with Gasteiger partial charge in [-0.25, -0.2) is 0 Å². The van der Waals surface area contributed by atoms with Crippen molar-refractivity contribution in [1.82, 2.24) is 9.97 Å². The van der Waals surface area contributed by atoms with Crippen LogP contribution in [0.25, 0.3) is 22.4 Å². The molecule has 0 aliphatic carbocycles. The fourth-order valence-electron chi connectivity index (χ4n) is 1.99. The lowest BCUT2D eigenvalue weighted by molar-refractivity contribution is 0.399. The average molecular weight is 242 g/mol. The zero-order chi connectivity index (χ0) is 12.5. The van der Waals surface area contributed by atoms with Gasteiger partial charge in [-0.15, -0.1) is 0 Å². The van der Waals surface area contributed by atoms with Crippen molar-refractivity contribution >= 4 is 11.0 Å². The number of hydrogen-bond acceptors (Lipinski definition) is 3. The predicted molar refractivity (Wildman–Crippen MR) is 69.7 cm³/mol. The van der Waals surface area contributed by atoms with Gasteiger partial charge >= 0.3 is 0 Å². The minimum Gasteiger partial charge on any atom is -0.479 e. The van der Waals surface area contributed by atoms with E-state index in [4.69, 9.17) is 9.15 Å². The molecule has 0 aliphatic rings. The lowest BCUT2D eigenvalue weighted by Gasteiger charge is -1.96. The molecule has 1 N–H and O–H groups in total. The Labute approximate surface area is 105 Å². The van der Waals surface area contributed by atoms with Crippen LogP contribution in [0.1, 0.15) is 12.7 Å². The van der Waals surface area contributed by atoms with E-state index in [1.54, 1.807) is 7.11 Å². The Balaban J connectivity index is 2.15. The van der Waals surface area contributed by atoms with Gasteiger partial charge in [0.25, 0.3) is 0 Å². The number of imidazole rings is 1. The number of ether oxygens (including phenoxy) is 1. The van der Waals surface area contributed by atoms with E-state index < -0.39 is 0 Å². The molecule has 2 heterocycles. The van der Waals surface area contributed by atoms with Crippen molar-refractivity contribution in [3.8, 4) is 17.3 Å². The Morgan fingerprint density at radius 3 is 2.89 bits per heavy atom. The molecule has 3 aromatic rings. The second-order valence-corrected chi connectivity index (χ2v) is 4.07. The van der Waals surface area contributed by atoms with E-state index in [2.05, 4.69) is 9.97 Å². The summed E-state index contributed by atoms with van der Waals surface area (Å²) < 4.78 is 11.1. The summed E-state index contributed by atoms with van der Waals surface area (Å²) in [6.45, 7) is 2.04. The monoisotopic (exact) mass is 242 g/mol. The number of aryl methyl sites for hydroxylation is 1. The number of hydrogen-bond donors (Lipinski definition) is 1. The summed E-state index contributed by atoms with van der Waals surface area (Å²) in [5.74, 6) is 2.22. The van der Waals surface area contributed by atoms with Crippen LogP contribution in [-0.4, -0.2) is 17.1 Å². The van der Waals surface area contributed by atoms with Crippen LogP contribution in [0.4, 0.5) is 0 Å². The number of nitrogens with one attached hydrogen (secondary N) is 1. The summed E-state index contributed by atoms with van der Waals surface area (Å²) in [7, 11) is 1.61. The van der Waals surface area contributed by atoms with Gasteiger partial charge in [0, 0.05) is 11.8 Å². The molecule has 1 aromatic carbocycles. The van der Waals surface area contributed by atoms with Crippen LogP contribution in [0.2, 0.25) is 0 Å². The number of benzene rings is 1. The molecule has 0 amide bonds.